The Balaban J connectivity index is 1.88. The predicted molar refractivity (Wildman–Crippen MR) is 80.2 cm³/mol. The molecule has 3 N–H and O–H groups in total. The number of benzene rings is 1. The molecule has 6 nitrogen and oxygen atoms in total. The van der Waals surface area contributed by atoms with Crippen LogP contribution in [0.4, 0.5) is 5.82 Å². The summed E-state index contributed by atoms with van der Waals surface area (Å²) in [6, 6.07) is 7.16. The Labute approximate surface area is 122 Å². The number of hydrogen-bond acceptors (Lipinski definition) is 3. The highest BCUT2D eigenvalue weighted by atomic mass is 16.2. The molecule has 1 aromatic heterocycles. The third-order valence-electron chi connectivity index (χ3n) is 3.23. The number of anilines is 1. The Hall–Kier alpha value is -2.63. The van der Waals surface area contributed by atoms with Crippen molar-refractivity contribution in [1.82, 2.24) is 15.5 Å². The molecule has 0 unspecified atom stereocenters. The van der Waals surface area contributed by atoms with Crippen molar-refractivity contribution >= 4 is 17.6 Å². The predicted octanol–water partition coefficient (Wildman–Crippen LogP) is 1.70. The molecule has 0 spiro atoms. The smallest absolute Gasteiger partial charge is 0.251 e. The van der Waals surface area contributed by atoms with E-state index < -0.39 is 0 Å². The Morgan fingerprint density at radius 3 is 2.38 bits per heavy atom. The highest BCUT2D eigenvalue weighted by Gasteiger charge is 2.11. The number of nitrogens with one attached hydrogen (secondary N) is 3. The van der Waals surface area contributed by atoms with E-state index in [2.05, 4.69) is 20.8 Å². The van der Waals surface area contributed by atoms with Gasteiger partial charge in [0.15, 0.2) is 5.82 Å². The number of aryl methyl sites for hydroxylation is 2. The van der Waals surface area contributed by atoms with E-state index in [4.69, 9.17) is 0 Å². The van der Waals surface area contributed by atoms with Crippen LogP contribution >= 0.6 is 0 Å². The van der Waals surface area contributed by atoms with Crippen molar-refractivity contribution < 1.29 is 9.59 Å². The summed E-state index contributed by atoms with van der Waals surface area (Å²) in [7, 11) is 0. The van der Waals surface area contributed by atoms with Crippen LogP contribution in [-0.2, 0) is 4.79 Å². The van der Waals surface area contributed by atoms with Crippen molar-refractivity contribution in [2.75, 3.05) is 11.9 Å². The lowest BCUT2D eigenvalue weighted by Crippen LogP contribution is -2.33. The lowest BCUT2D eigenvalue weighted by Gasteiger charge is -2.06. The van der Waals surface area contributed by atoms with Crippen LogP contribution in [0.25, 0.3) is 0 Å². The summed E-state index contributed by atoms with van der Waals surface area (Å²) >= 11 is 0. The van der Waals surface area contributed by atoms with Gasteiger partial charge in [0.2, 0.25) is 5.91 Å². The molecule has 1 aromatic carbocycles. The van der Waals surface area contributed by atoms with Gasteiger partial charge in [0.05, 0.1) is 6.54 Å². The van der Waals surface area contributed by atoms with Gasteiger partial charge in [-0.25, -0.2) is 0 Å². The molecule has 2 aromatic rings. The van der Waals surface area contributed by atoms with Gasteiger partial charge in [-0.3, -0.25) is 14.7 Å². The zero-order valence-corrected chi connectivity index (χ0v) is 12.3. The molecular formula is C15H18N4O2. The molecule has 110 valence electrons. The Bertz CT molecular complexity index is 659. The van der Waals surface area contributed by atoms with Crippen LogP contribution in [0, 0.1) is 20.8 Å². The van der Waals surface area contributed by atoms with Gasteiger partial charge >= 0.3 is 0 Å². The van der Waals surface area contributed by atoms with Crippen LogP contribution < -0.4 is 10.6 Å². The zero-order valence-electron chi connectivity index (χ0n) is 12.3. The maximum atomic E-state index is 11.9. The van der Waals surface area contributed by atoms with Crippen molar-refractivity contribution in [1.29, 1.82) is 0 Å². The minimum Gasteiger partial charge on any atom is -0.343 e. The molecule has 0 saturated carbocycles. The minimum atomic E-state index is -0.315. The second-order valence-corrected chi connectivity index (χ2v) is 4.92. The second kappa shape index (κ2) is 6.21. The number of rotatable bonds is 4. The van der Waals surface area contributed by atoms with Crippen LogP contribution in [0.3, 0.4) is 0 Å². The summed E-state index contributed by atoms with van der Waals surface area (Å²) in [5, 5.41) is 12.0. The highest BCUT2D eigenvalue weighted by molar-refractivity contribution is 5.99. The molecule has 0 bridgehead atoms. The first-order valence-electron chi connectivity index (χ1n) is 6.63. The van der Waals surface area contributed by atoms with Crippen LogP contribution in [0.5, 0.6) is 0 Å². The van der Waals surface area contributed by atoms with E-state index in [-0.39, 0.29) is 18.4 Å². The standard InChI is InChI=1S/C15H18N4O2/c1-9-4-6-12(7-5-9)15(21)16-8-13(20)17-14-10(2)11(3)18-19-14/h4-7H,8H2,1-3H3,(H,16,21)(H2,17,18,19,20). The van der Waals surface area contributed by atoms with E-state index in [9.17, 15) is 9.59 Å². The van der Waals surface area contributed by atoms with Gasteiger partial charge in [0, 0.05) is 16.8 Å². The first-order chi connectivity index (χ1) is 9.97. The first-order valence-corrected chi connectivity index (χ1v) is 6.63. The fourth-order valence-corrected chi connectivity index (χ4v) is 1.75. The van der Waals surface area contributed by atoms with Gasteiger partial charge in [-0.15, -0.1) is 0 Å². The fraction of sp³-hybridized carbons (Fsp3) is 0.267. The maximum Gasteiger partial charge on any atom is 0.251 e. The number of aromatic amines is 1. The van der Waals surface area contributed by atoms with Crippen molar-refractivity contribution in [3.8, 4) is 0 Å². The van der Waals surface area contributed by atoms with Gasteiger partial charge in [-0.05, 0) is 32.9 Å². The number of hydrogen-bond donors (Lipinski definition) is 3. The minimum absolute atomic E-state index is 0.0991. The number of H-pyrrole nitrogens is 1. The Morgan fingerprint density at radius 1 is 1.14 bits per heavy atom. The van der Waals surface area contributed by atoms with Crippen molar-refractivity contribution in [2.24, 2.45) is 0 Å². The molecule has 0 aliphatic heterocycles. The summed E-state index contributed by atoms with van der Waals surface area (Å²) in [6.07, 6.45) is 0. The van der Waals surface area contributed by atoms with Gasteiger partial charge in [-0.2, -0.15) is 5.10 Å². The van der Waals surface area contributed by atoms with E-state index in [1.807, 2.05) is 32.9 Å². The topological polar surface area (TPSA) is 86.9 Å². The first kappa shape index (κ1) is 14.8. The number of carbonyl (C=O) groups excluding carboxylic acids is 2. The van der Waals surface area contributed by atoms with E-state index in [1.54, 1.807) is 12.1 Å². The average molecular weight is 286 g/mol. The molecular weight excluding hydrogens is 268 g/mol. The third kappa shape index (κ3) is 3.68. The van der Waals surface area contributed by atoms with Crippen LogP contribution in [-0.4, -0.2) is 28.6 Å². The molecule has 6 heteroatoms. The van der Waals surface area contributed by atoms with Gasteiger partial charge < -0.3 is 10.6 Å². The Morgan fingerprint density at radius 2 is 1.81 bits per heavy atom. The monoisotopic (exact) mass is 286 g/mol. The van der Waals surface area contributed by atoms with E-state index in [1.165, 1.54) is 0 Å². The van der Waals surface area contributed by atoms with Gasteiger partial charge in [0.1, 0.15) is 0 Å². The molecule has 0 radical (unpaired) electrons. The molecule has 1 heterocycles. The molecule has 0 aliphatic carbocycles. The number of nitrogens with zero attached hydrogens (tertiary/aromatic N) is 1. The SMILES string of the molecule is Cc1ccc(C(=O)NCC(=O)Nc2n[nH]c(C)c2C)cc1. The average Bonchev–Trinajstić information content (AvgIpc) is 2.77. The van der Waals surface area contributed by atoms with Gasteiger partial charge in [-0.1, -0.05) is 17.7 Å². The van der Waals surface area contributed by atoms with Crippen LogP contribution in [0.1, 0.15) is 27.2 Å². The Kier molecular flexibility index (Phi) is 4.37. The number of carbonyl (C=O) groups is 2. The molecule has 21 heavy (non-hydrogen) atoms. The third-order valence-corrected chi connectivity index (χ3v) is 3.23. The van der Waals surface area contributed by atoms with Crippen molar-refractivity contribution in [2.45, 2.75) is 20.8 Å². The van der Waals surface area contributed by atoms with Crippen LogP contribution in [0.2, 0.25) is 0 Å². The summed E-state index contributed by atoms with van der Waals surface area (Å²) in [5.41, 5.74) is 3.39. The highest BCUT2D eigenvalue weighted by Crippen LogP contribution is 2.13. The lowest BCUT2D eigenvalue weighted by atomic mass is 10.1. The lowest BCUT2D eigenvalue weighted by molar-refractivity contribution is -0.115. The summed E-state index contributed by atoms with van der Waals surface area (Å²) in [5.74, 6) is -0.104. The molecule has 2 amide bonds. The normalized spacial score (nSPS) is 10.2. The summed E-state index contributed by atoms with van der Waals surface area (Å²) in [6.45, 7) is 5.58. The second-order valence-electron chi connectivity index (χ2n) is 4.92. The van der Waals surface area contributed by atoms with Gasteiger partial charge in [0.25, 0.3) is 5.91 Å². The number of amides is 2. The van der Waals surface area contributed by atoms with E-state index in [0.717, 1.165) is 16.8 Å². The molecule has 0 saturated heterocycles. The zero-order chi connectivity index (χ0) is 15.4. The molecule has 0 aliphatic rings. The van der Waals surface area contributed by atoms with Crippen molar-refractivity contribution in [3.05, 3.63) is 46.6 Å². The van der Waals surface area contributed by atoms with E-state index >= 15 is 0 Å². The van der Waals surface area contributed by atoms with Crippen molar-refractivity contribution in [3.63, 3.8) is 0 Å². The fourth-order valence-electron chi connectivity index (χ4n) is 1.75. The number of aromatic nitrogens is 2. The largest absolute Gasteiger partial charge is 0.343 e. The quantitative estimate of drug-likeness (QED) is 0.799. The van der Waals surface area contributed by atoms with E-state index in [0.29, 0.717) is 11.4 Å². The summed E-state index contributed by atoms with van der Waals surface area (Å²) in [4.78, 5) is 23.7. The van der Waals surface area contributed by atoms with Crippen LogP contribution in [0.15, 0.2) is 24.3 Å². The molecule has 2 rings (SSSR count). The molecule has 0 fully saturated rings. The summed E-state index contributed by atoms with van der Waals surface area (Å²) < 4.78 is 0. The maximum absolute atomic E-state index is 11.9. The molecule has 0 atom stereocenters.